The summed E-state index contributed by atoms with van der Waals surface area (Å²) in [6.07, 6.45) is 2.89. The highest BCUT2D eigenvalue weighted by Gasteiger charge is 2.04. The largest absolute Gasteiger partial charge is 0.0840 e. The van der Waals surface area contributed by atoms with E-state index in [1.54, 1.807) is 0 Å². The number of hydrogen-bond acceptors (Lipinski definition) is 0. The number of rotatable bonds is 4. The molecule has 2 aromatic carbocycles. The molecule has 100 valence electrons. The van der Waals surface area contributed by atoms with E-state index in [0.717, 1.165) is 29.3 Å². The van der Waals surface area contributed by atoms with Crippen LogP contribution in [0.3, 0.4) is 0 Å². The fraction of sp³-hybridized carbons (Fsp3) is 0.294. The molecule has 19 heavy (non-hydrogen) atoms. The SMILES string of the molecule is CCc1ccc(CCc2ccc(C)cc2Cl)cc1Cl. The van der Waals surface area contributed by atoms with Crippen LogP contribution in [0.1, 0.15) is 29.2 Å². The smallest absolute Gasteiger partial charge is 0.0440 e. The van der Waals surface area contributed by atoms with Gasteiger partial charge in [-0.2, -0.15) is 0 Å². The van der Waals surface area contributed by atoms with Crippen LogP contribution in [0.4, 0.5) is 0 Å². The van der Waals surface area contributed by atoms with E-state index in [1.165, 1.54) is 22.3 Å². The lowest BCUT2D eigenvalue weighted by Crippen LogP contribution is -1.94. The molecule has 0 saturated heterocycles. The van der Waals surface area contributed by atoms with Crippen molar-refractivity contribution in [2.75, 3.05) is 0 Å². The van der Waals surface area contributed by atoms with Gasteiger partial charge < -0.3 is 0 Å². The first-order chi connectivity index (χ1) is 9.10. The van der Waals surface area contributed by atoms with Crippen LogP contribution in [-0.4, -0.2) is 0 Å². The minimum atomic E-state index is 0.858. The highest BCUT2D eigenvalue weighted by Crippen LogP contribution is 2.22. The fourth-order valence-corrected chi connectivity index (χ4v) is 2.83. The van der Waals surface area contributed by atoms with Gasteiger partial charge in [0.25, 0.3) is 0 Å². The molecule has 2 heteroatoms. The van der Waals surface area contributed by atoms with Crippen molar-refractivity contribution in [2.45, 2.75) is 33.1 Å². The van der Waals surface area contributed by atoms with E-state index < -0.39 is 0 Å². The van der Waals surface area contributed by atoms with Crippen LogP contribution in [0, 0.1) is 6.92 Å². The van der Waals surface area contributed by atoms with Crippen molar-refractivity contribution in [3.63, 3.8) is 0 Å². The average molecular weight is 293 g/mol. The Morgan fingerprint density at radius 3 is 2.16 bits per heavy atom. The zero-order valence-corrected chi connectivity index (χ0v) is 12.9. The Kier molecular flexibility index (Phi) is 4.90. The number of benzene rings is 2. The van der Waals surface area contributed by atoms with Crippen molar-refractivity contribution >= 4 is 23.2 Å². The van der Waals surface area contributed by atoms with Crippen LogP contribution >= 0.6 is 23.2 Å². The molecule has 0 atom stereocenters. The van der Waals surface area contributed by atoms with Gasteiger partial charge in [-0.1, -0.05) is 54.4 Å². The van der Waals surface area contributed by atoms with Crippen molar-refractivity contribution in [1.82, 2.24) is 0 Å². The zero-order chi connectivity index (χ0) is 13.8. The summed E-state index contributed by atoms with van der Waals surface area (Å²) in [5, 5.41) is 1.73. The first kappa shape index (κ1) is 14.4. The Labute approximate surface area is 125 Å². The van der Waals surface area contributed by atoms with Crippen molar-refractivity contribution in [3.05, 3.63) is 68.7 Å². The van der Waals surface area contributed by atoms with E-state index in [-0.39, 0.29) is 0 Å². The molecule has 0 amide bonds. The van der Waals surface area contributed by atoms with Crippen molar-refractivity contribution < 1.29 is 0 Å². The Balaban J connectivity index is 2.08. The molecule has 0 nitrogen and oxygen atoms in total. The topological polar surface area (TPSA) is 0 Å². The van der Waals surface area contributed by atoms with Gasteiger partial charge in [-0.25, -0.2) is 0 Å². The second-order valence-corrected chi connectivity index (χ2v) is 5.69. The van der Waals surface area contributed by atoms with Gasteiger partial charge in [0, 0.05) is 10.0 Å². The standard InChI is InChI=1S/C17H18Cl2/c1-3-14-8-5-13(11-17(14)19)6-9-15-7-4-12(2)10-16(15)18/h4-5,7-8,10-11H,3,6,9H2,1-2H3. The summed E-state index contributed by atoms with van der Waals surface area (Å²) < 4.78 is 0. The quantitative estimate of drug-likeness (QED) is 0.683. The predicted molar refractivity (Wildman–Crippen MR) is 84.4 cm³/mol. The lowest BCUT2D eigenvalue weighted by Gasteiger charge is -2.07. The van der Waals surface area contributed by atoms with Gasteiger partial charge in [-0.05, 0) is 60.6 Å². The first-order valence-electron chi connectivity index (χ1n) is 6.62. The van der Waals surface area contributed by atoms with Crippen LogP contribution < -0.4 is 0 Å². The molecule has 0 spiro atoms. The van der Waals surface area contributed by atoms with Crippen molar-refractivity contribution in [1.29, 1.82) is 0 Å². The Morgan fingerprint density at radius 2 is 1.53 bits per heavy atom. The van der Waals surface area contributed by atoms with E-state index in [0.29, 0.717) is 0 Å². The van der Waals surface area contributed by atoms with Gasteiger partial charge in [0.15, 0.2) is 0 Å². The summed E-state index contributed by atoms with van der Waals surface area (Å²) in [5.74, 6) is 0. The van der Waals surface area contributed by atoms with Crippen LogP contribution in [-0.2, 0) is 19.3 Å². The molecule has 2 rings (SSSR count). The molecule has 0 radical (unpaired) electrons. The summed E-state index contributed by atoms with van der Waals surface area (Å²) in [6.45, 7) is 4.17. The molecule has 0 bridgehead atoms. The van der Waals surface area contributed by atoms with Gasteiger partial charge in [0.1, 0.15) is 0 Å². The van der Waals surface area contributed by atoms with Crippen LogP contribution in [0.15, 0.2) is 36.4 Å². The van der Waals surface area contributed by atoms with Crippen LogP contribution in [0.25, 0.3) is 0 Å². The minimum absolute atomic E-state index is 0.858. The fourth-order valence-electron chi connectivity index (χ4n) is 2.17. The summed E-state index contributed by atoms with van der Waals surface area (Å²) in [4.78, 5) is 0. The van der Waals surface area contributed by atoms with Gasteiger partial charge >= 0.3 is 0 Å². The molecule has 0 aliphatic carbocycles. The lowest BCUT2D eigenvalue weighted by molar-refractivity contribution is 0.956. The lowest BCUT2D eigenvalue weighted by atomic mass is 10.0. The highest BCUT2D eigenvalue weighted by atomic mass is 35.5. The summed E-state index contributed by atoms with van der Waals surface area (Å²) in [7, 11) is 0. The molecule has 2 aromatic rings. The normalized spacial score (nSPS) is 10.7. The molecule has 0 saturated carbocycles. The molecule has 0 N–H and O–H groups in total. The van der Waals surface area contributed by atoms with Crippen molar-refractivity contribution in [3.8, 4) is 0 Å². The van der Waals surface area contributed by atoms with Gasteiger partial charge in [0.05, 0.1) is 0 Å². The summed E-state index contributed by atoms with van der Waals surface area (Å²) >= 11 is 12.5. The Morgan fingerprint density at radius 1 is 0.842 bits per heavy atom. The first-order valence-corrected chi connectivity index (χ1v) is 7.38. The predicted octanol–water partition coefficient (Wildman–Crippen LogP) is 5.65. The third-order valence-corrected chi connectivity index (χ3v) is 4.09. The molecular weight excluding hydrogens is 275 g/mol. The molecule has 0 fully saturated rings. The van der Waals surface area contributed by atoms with E-state index in [1.807, 2.05) is 6.07 Å². The average Bonchev–Trinajstić information content (AvgIpc) is 2.38. The zero-order valence-electron chi connectivity index (χ0n) is 11.3. The minimum Gasteiger partial charge on any atom is -0.0840 e. The molecule has 0 aromatic heterocycles. The third-order valence-electron chi connectivity index (χ3n) is 3.39. The van der Waals surface area contributed by atoms with E-state index in [4.69, 9.17) is 23.2 Å². The Hall–Kier alpha value is -0.980. The van der Waals surface area contributed by atoms with Crippen LogP contribution in [0.2, 0.25) is 10.0 Å². The maximum Gasteiger partial charge on any atom is 0.0440 e. The monoisotopic (exact) mass is 292 g/mol. The number of hydrogen-bond donors (Lipinski definition) is 0. The van der Waals surface area contributed by atoms with Gasteiger partial charge in [0.2, 0.25) is 0 Å². The van der Waals surface area contributed by atoms with Gasteiger partial charge in [-0.15, -0.1) is 0 Å². The van der Waals surface area contributed by atoms with Gasteiger partial charge in [-0.3, -0.25) is 0 Å². The maximum atomic E-state index is 6.25. The van der Waals surface area contributed by atoms with Crippen LogP contribution in [0.5, 0.6) is 0 Å². The molecular formula is C17H18Cl2. The second kappa shape index (κ2) is 6.45. The third kappa shape index (κ3) is 3.75. The second-order valence-electron chi connectivity index (χ2n) is 4.87. The van der Waals surface area contributed by atoms with E-state index in [9.17, 15) is 0 Å². The maximum absolute atomic E-state index is 6.25. The van der Waals surface area contributed by atoms with Crippen molar-refractivity contribution in [2.24, 2.45) is 0 Å². The summed E-state index contributed by atoms with van der Waals surface area (Å²) in [6, 6.07) is 12.6. The number of aryl methyl sites for hydroxylation is 4. The van der Waals surface area contributed by atoms with E-state index in [2.05, 4.69) is 44.2 Å². The van der Waals surface area contributed by atoms with E-state index >= 15 is 0 Å². The molecule has 0 aliphatic rings. The highest BCUT2D eigenvalue weighted by molar-refractivity contribution is 6.31. The Bertz CT molecular complexity index is 573. The number of halogens is 2. The molecule has 0 heterocycles. The molecule has 0 aliphatic heterocycles. The molecule has 0 unspecified atom stereocenters. The summed E-state index contributed by atoms with van der Waals surface area (Å²) in [5.41, 5.74) is 4.87.